The summed E-state index contributed by atoms with van der Waals surface area (Å²) in [7, 11) is 0. The minimum Gasteiger partial charge on any atom is -0.326 e. The molecule has 0 radical (unpaired) electrons. The van der Waals surface area contributed by atoms with Gasteiger partial charge in [-0.1, -0.05) is 41.4 Å². The lowest BCUT2D eigenvalue weighted by molar-refractivity contribution is 0.0546. The van der Waals surface area contributed by atoms with E-state index in [1.54, 1.807) is 0 Å². The molecule has 2 rings (SSSR count). The van der Waals surface area contributed by atoms with E-state index in [0.717, 1.165) is 17.3 Å². The monoisotopic (exact) mass is 338 g/mol. The lowest BCUT2D eigenvalue weighted by atomic mass is 9.83. The van der Waals surface area contributed by atoms with E-state index in [1.807, 2.05) is 0 Å². The van der Waals surface area contributed by atoms with Crippen molar-refractivity contribution in [3.8, 4) is 0 Å². The van der Waals surface area contributed by atoms with Gasteiger partial charge in [0.1, 0.15) is 0 Å². The first kappa shape index (κ1) is 16.0. The summed E-state index contributed by atoms with van der Waals surface area (Å²) >= 11 is 3.54. The van der Waals surface area contributed by atoms with Crippen LogP contribution in [0, 0.1) is 0 Å². The second-order valence-electron chi connectivity index (χ2n) is 6.20. The third-order valence-corrected chi connectivity index (χ3v) is 5.43. The van der Waals surface area contributed by atoms with Gasteiger partial charge in [0.15, 0.2) is 0 Å². The van der Waals surface area contributed by atoms with E-state index in [9.17, 15) is 0 Å². The first-order valence-corrected chi connectivity index (χ1v) is 8.60. The number of halogens is 1. The topological polar surface area (TPSA) is 29.3 Å². The smallest absolute Gasteiger partial charge is 0.0332 e. The summed E-state index contributed by atoms with van der Waals surface area (Å²) in [5.74, 6) is 0. The highest BCUT2D eigenvalue weighted by Gasteiger charge is 2.36. The third-order valence-electron chi connectivity index (χ3n) is 4.94. The van der Waals surface area contributed by atoms with Crippen molar-refractivity contribution in [3.63, 3.8) is 0 Å². The van der Waals surface area contributed by atoms with Crippen LogP contribution in [0.25, 0.3) is 0 Å². The van der Waals surface area contributed by atoms with Crippen molar-refractivity contribution in [1.82, 2.24) is 4.90 Å². The highest BCUT2D eigenvalue weighted by Crippen LogP contribution is 2.28. The molecule has 2 N–H and O–H groups in total. The predicted octanol–water partition coefficient (Wildman–Crippen LogP) is 3.97. The molecule has 2 atom stereocenters. The van der Waals surface area contributed by atoms with Crippen molar-refractivity contribution >= 4 is 15.9 Å². The fourth-order valence-electron chi connectivity index (χ4n) is 3.26. The van der Waals surface area contributed by atoms with Crippen LogP contribution in [0.4, 0.5) is 0 Å². The van der Waals surface area contributed by atoms with Crippen LogP contribution in [-0.2, 0) is 6.42 Å². The van der Waals surface area contributed by atoms with Crippen LogP contribution in [-0.4, -0.2) is 29.6 Å². The van der Waals surface area contributed by atoms with E-state index in [2.05, 4.69) is 58.9 Å². The molecule has 1 aliphatic heterocycles. The largest absolute Gasteiger partial charge is 0.326 e. The molecule has 1 saturated heterocycles. The van der Waals surface area contributed by atoms with Crippen molar-refractivity contribution in [2.24, 2.45) is 5.73 Å². The highest BCUT2D eigenvalue weighted by atomic mass is 79.9. The molecule has 20 heavy (non-hydrogen) atoms. The maximum atomic E-state index is 6.62. The Morgan fingerprint density at radius 1 is 1.30 bits per heavy atom. The zero-order valence-electron chi connectivity index (χ0n) is 12.7. The molecule has 3 heteroatoms. The number of piperidine rings is 1. The van der Waals surface area contributed by atoms with E-state index in [4.69, 9.17) is 5.73 Å². The van der Waals surface area contributed by atoms with E-state index in [-0.39, 0.29) is 11.6 Å². The molecule has 1 heterocycles. The second kappa shape index (κ2) is 7.06. The zero-order chi connectivity index (χ0) is 14.6. The molecule has 0 saturated carbocycles. The van der Waals surface area contributed by atoms with Crippen LogP contribution < -0.4 is 5.73 Å². The number of benzene rings is 1. The molecular formula is C17H27BrN2. The SMILES string of the molecule is CCC(C)(C(N)Cc1cccc(Br)c1)N1CCCCC1. The number of nitrogens with zero attached hydrogens (tertiary/aromatic N) is 1. The number of hydrogen-bond acceptors (Lipinski definition) is 2. The molecular weight excluding hydrogens is 312 g/mol. The fourth-order valence-corrected chi connectivity index (χ4v) is 3.71. The van der Waals surface area contributed by atoms with Crippen LogP contribution in [0.5, 0.6) is 0 Å². The molecule has 0 amide bonds. The second-order valence-corrected chi connectivity index (χ2v) is 7.11. The summed E-state index contributed by atoms with van der Waals surface area (Å²) in [6, 6.07) is 8.71. The molecule has 2 nitrogen and oxygen atoms in total. The van der Waals surface area contributed by atoms with Gasteiger partial charge in [-0.05, 0) is 63.4 Å². The average Bonchev–Trinajstić information content (AvgIpc) is 2.47. The van der Waals surface area contributed by atoms with E-state index >= 15 is 0 Å². The van der Waals surface area contributed by atoms with Gasteiger partial charge in [0.2, 0.25) is 0 Å². The Morgan fingerprint density at radius 3 is 2.60 bits per heavy atom. The number of nitrogens with two attached hydrogens (primary N) is 1. The number of likely N-dealkylation sites (tertiary alicyclic amines) is 1. The van der Waals surface area contributed by atoms with Crippen molar-refractivity contribution in [3.05, 3.63) is 34.3 Å². The fraction of sp³-hybridized carbons (Fsp3) is 0.647. The molecule has 0 aromatic heterocycles. The van der Waals surface area contributed by atoms with Gasteiger partial charge in [-0.15, -0.1) is 0 Å². The first-order valence-electron chi connectivity index (χ1n) is 7.81. The summed E-state index contributed by atoms with van der Waals surface area (Å²) in [5.41, 5.74) is 8.06. The van der Waals surface area contributed by atoms with Crippen molar-refractivity contribution in [2.75, 3.05) is 13.1 Å². The maximum Gasteiger partial charge on any atom is 0.0332 e. The van der Waals surface area contributed by atoms with Gasteiger partial charge in [0, 0.05) is 16.1 Å². The summed E-state index contributed by atoms with van der Waals surface area (Å²) in [6.45, 7) is 7.03. The first-order chi connectivity index (χ1) is 9.56. The van der Waals surface area contributed by atoms with Gasteiger partial charge in [-0.3, -0.25) is 4.90 Å². The molecule has 0 spiro atoms. The minimum atomic E-state index is 0.114. The van der Waals surface area contributed by atoms with Crippen LogP contribution in [0.15, 0.2) is 28.7 Å². The van der Waals surface area contributed by atoms with Gasteiger partial charge in [-0.2, -0.15) is 0 Å². The molecule has 112 valence electrons. The third kappa shape index (κ3) is 3.63. The summed E-state index contributed by atoms with van der Waals surface area (Å²) in [4.78, 5) is 2.62. The standard InChI is InChI=1S/C17H27BrN2/c1-3-17(2,20-10-5-4-6-11-20)16(19)13-14-8-7-9-15(18)12-14/h7-9,12,16H,3-6,10-11,13,19H2,1-2H3. The lowest BCUT2D eigenvalue weighted by Gasteiger charge is -2.47. The van der Waals surface area contributed by atoms with Crippen molar-refractivity contribution in [2.45, 2.75) is 57.5 Å². The summed E-state index contributed by atoms with van der Waals surface area (Å²) in [6.07, 6.45) is 6.07. The van der Waals surface area contributed by atoms with E-state index in [0.29, 0.717) is 0 Å². The van der Waals surface area contributed by atoms with E-state index < -0.39 is 0 Å². The molecule has 1 aromatic rings. The van der Waals surface area contributed by atoms with Gasteiger partial charge >= 0.3 is 0 Å². The summed E-state index contributed by atoms with van der Waals surface area (Å²) < 4.78 is 1.14. The van der Waals surface area contributed by atoms with E-state index in [1.165, 1.54) is 37.9 Å². The number of hydrogen-bond donors (Lipinski definition) is 1. The zero-order valence-corrected chi connectivity index (χ0v) is 14.3. The van der Waals surface area contributed by atoms with Crippen LogP contribution in [0.1, 0.15) is 45.1 Å². The molecule has 0 aliphatic carbocycles. The van der Waals surface area contributed by atoms with Gasteiger partial charge in [0.05, 0.1) is 0 Å². The summed E-state index contributed by atoms with van der Waals surface area (Å²) in [5, 5.41) is 0. The Morgan fingerprint density at radius 2 is 2.00 bits per heavy atom. The van der Waals surface area contributed by atoms with Crippen LogP contribution in [0.2, 0.25) is 0 Å². The van der Waals surface area contributed by atoms with Gasteiger partial charge < -0.3 is 5.73 Å². The molecule has 1 aromatic carbocycles. The Bertz CT molecular complexity index is 429. The van der Waals surface area contributed by atoms with Gasteiger partial charge in [0.25, 0.3) is 0 Å². The molecule has 1 aliphatic rings. The van der Waals surface area contributed by atoms with Crippen LogP contribution in [0.3, 0.4) is 0 Å². The normalized spacial score (nSPS) is 21.4. The maximum absolute atomic E-state index is 6.62. The highest BCUT2D eigenvalue weighted by molar-refractivity contribution is 9.10. The Hall–Kier alpha value is -0.380. The average molecular weight is 339 g/mol. The molecule has 1 fully saturated rings. The van der Waals surface area contributed by atoms with Crippen molar-refractivity contribution < 1.29 is 0 Å². The van der Waals surface area contributed by atoms with Crippen LogP contribution >= 0.6 is 15.9 Å². The Kier molecular flexibility index (Phi) is 5.65. The van der Waals surface area contributed by atoms with Gasteiger partial charge in [-0.25, -0.2) is 0 Å². The molecule has 0 bridgehead atoms. The quantitative estimate of drug-likeness (QED) is 0.879. The van der Waals surface area contributed by atoms with Crippen molar-refractivity contribution in [1.29, 1.82) is 0 Å². The Labute approximate surface area is 131 Å². The minimum absolute atomic E-state index is 0.114. The number of rotatable bonds is 5. The lowest BCUT2D eigenvalue weighted by Crippen LogP contribution is -2.59. The Balaban J connectivity index is 2.09. The predicted molar refractivity (Wildman–Crippen MR) is 89.9 cm³/mol. The molecule has 2 unspecified atom stereocenters.